The number of amides is 1. The van der Waals surface area contributed by atoms with Crippen molar-refractivity contribution in [2.75, 3.05) is 13.6 Å². The number of hydrogen-bond acceptors (Lipinski definition) is 5. The van der Waals surface area contributed by atoms with Gasteiger partial charge in [0.1, 0.15) is 11.4 Å². The molecule has 6 nitrogen and oxygen atoms in total. The van der Waals surface area contributed by atoms with E-state index in [0.29, 0.717) is 12.1 Å². The second-order valence-corrected chi connectivity index (χ2v) is 9.29. The summed E-state index contributed by atoms with van der Waals surface area (Å²) in [4.78, 5) is 11.6. The number of alkyl carbamates (subject to hydrolysis) is 1. The average Bonchev–Trinajstić information content (AvgIpc) is 2.83. The Morgan fingerprint density at radius 1 is 0.917 bits per heavy atom. The van der Waals surface area contributed by atoms with E-state index in [1.165, 1.54) is 21.9 Å². The van der Waals surface area contributed by atoms with Gasteiger partial charge in [0.2, 0.25) is 0 Å². The van der Waals surface area contributed by atoms with Gasteiger partial charge < -0.3 is 21.5 Å². The Labute approximate surface area is 217 Å². The van der Waals surface area contributed by atoms with Crippen molar-refractivity contribution in [3.05, 3.63) is 95.5 Å². The lowest BCUT2D eigenvalue weighted by atomic mass is 10.0. The molecular formula is C30H44N4O2. The molecule has 0 aliphatic rings. The lowest BCUT2D eigenvalue weighted by molar-refractivity contribution is 0.0545. The van der Waals surface area contributed by atoms with Crippen LogP contribution in [0.1, 0.15) is 53.9 Å². The standard InChI is InChI=1S/C20H36N4O2.C10H8/c1-7-9-15(8-2)16(14-23-6)10-11-17(21)12-13-18(22)24-19(25)26-20(3,4)5;1-2-6-10-8-4-3-7-9(10)5-1/h9-10,12-13,23H,7-8,11,14,21-22H2,1-6H3,(H,24,25);1-8H/b15-9-,16-10-,17-12-,18-13+;. The molecule has 2 aromatic rings. The van der Waals surface area contributed by atoms with Gasteiger partial charge in [-0.1, -0.05) is 74.5 Å². The van der Waals surface area contributed by atoms with Crippen LogP contribution in [0.15, 0.2) is 95.5 Å². The first-order valence-corrected chi connectivity index (χ1v) is 12.5. The van der Waals surface area contributed by atoms with Gasteiger partial charge in [-0.15, -0.1) is 0 Å². The third-order valence-corrected chi connectivity index (χ3v) is 4.98. The molecule has 0 fully saturated rings. The third kappa shape index (κ3) is 12.8. The van der Waals surface area contributed by atoms with E-state index in [0.717, 1.165) is 19.4 Å². The highest BCUT2D eigenvalue weighted by Crippen LogP contribution is 2.16. The van der Waals surface area contributed by atoms with E-state index in [1.807, 2.05) is 7.05 Å². The van der Waals surface area contributed by atoms with Crippen LogP contribution in [0.2, 0.25) is 0 Å². The molecule has 0 unspecified atom stereocenters. The summed E-state index contributed by atoms with van der Waals surface area (Å²) in [5.41, 5.74) is 14.5. The molecule has 6 heteroatoms. The van der Waals surface area contributed by atoms with Crippen molar-refractivity contribution in [3.63, 3.8) is 0 Å². The summed E-state index contributed by atoms with van der Waals surface area (Å²) in [5, 5.41) is 8.28. The Bertz CT molecular complexity index is 1010. The molecule has 0 saturated heterocycles. The lowest BCUT2D eigenvalue weighted by Gasteiger charge is -2.19. The van der Waals surface area contributed by atoms with Crippen LogP contribution in [-0.2, 0) is 4.74 Å². The number of benzene rings is 2. The molecule has 0 spiro atoms. The highest BCUT2D eigenvalue weighted by Gasteiger charge is 2.15. The van der Waals surface area contributed by atoms with E-state index in [1.54, 1.807) is 32.9 Å². The van der Waals surface area contributed by atoms with Crippen LogP contribution in [0.5, 0.6) is 0 Å². The minimum Gasteiger partial charge on any atom is -0.444 e. The van der Waals surface area contributed by atoms with Crippen molar-refractivity contribution in [2.24, 2.45) is 11.5 Å². The minimum atomic E-state index is -0.591. The quantitative estimate of drug-likeness (QED) is 0.309. The molecule has 2 aromatic carbocycles. The molecule has 0 heterocycles. The van der Waals surface area contributed by atoms with Crippen molar-refractivity contribution in [2.45, 2.75) is 59.5 Å². The minimum absolute atomic E-state index is 0.182. The number of allylic oxidation sites excluding steroid dienone is 4. The number of carbonyl (C=O) groups excluding carboxylic acids is 1. The molecule has 0 saturated carbocycles. The van der Waals surface area contributed by atoms with Crippen LogP contribution < -0.4 is 22.1 Å². The monoisotopic (exact) mass is 492 g/mol. The predicted molar refractivity (Wildman–Crippen MR) is 153 cm³/mol. The number of rotatable bonds is 9. The first kappa shape index (κ1) is 30.5. The largest absolute Gasteiger partial charge is 0.444 e. The molecule has 0 aromatic heterocycles. The zero-order chi connectivity index (χ0) is 27.0. The number of nitrogens with one attached hydrogen (secondary N) is 2. The van der Waals surface area contributed by atoms with E-state index in [-0.39, 0.29) is 5.82 Å². The number of fused-ring (bicyclic) bond motifs is 1. The molecule has 2 rings (SSSR count). The fourth-order valence-electron chi connectivity index (χ4n) is 3.36. The molecule has 1 amide bonds. The number of hydrogen-bond donors (Lipinski definition) is 4. The maximum Gasteiger partial charge on any atom is 0.413 e. The normalized spacial score (nSPS) is 13.2. The molecule has 0 bridgehead atoms. The van der Waals surface area contributed by atoms with Crippen molar-refractivity contribution < 1.29 is 9.53 Å². The summed E-state index contributed by atoms with van der Waals surface area (Å²) in [6, 6.07) is 16.7. The van der Waals surface area contributed by atoms with Gasteiger partial charge in [-0.2, -0.15) is 0 Å². The summed E-state index contributed by atoms with van der Waals surface area (Å²) in [7, 11) is 1.93. The first-order chi connectivity index (χ1) is 17.1. The van der Waals surface area contributed by atoms with Gasteiger partial charge in [-0.3, -0.25) is 5.32 Å². The lowest BCUT2D eigenvalue weighted by Crippen LogP contribution is -2.34. The van der Waals surface area contributed by atoms with E-state index < -0.39 is 11.7 Å². The molecule has 6 N–H and O–H groups in total. The Balaban J connectivity index is 0.000000526. The Morgan fingerprint density at radius 3 is 1.92 bits per heavy atom. The Kier molecular flexibility index (Phi) is 13.7. The molecule has 0 aliphatic carbocycles. The molecule has 0 atom stereocenters. The Morgan fingerprint density at radius 2 is 1.47 bits per heavy atom. The SMILES string of the molecule is CC/C=C(CC)\C(=C/C/C(N)=C/C=C(\N)NC(=O)OC(C)(C)C)CNC.c1ccc2ccccc2c1. The van der Waals surface area contributed by atoms with E-state index >= 15 is 0 Å². The summed E-state index contributed by atoms with van der Waals surface area (Å²) in [6.45, 7) is 10.4. The van der Waals surface area contributed by atoms with Crippen LogP contribution >= 0.6 is 0 Å². The number of likely N-dealkylation sites (N-methyl/N-ethyl adjacent to an activating group) is 1. The van der Waals surface area contributed by atoms with Gasteiger partial charge in [0.25, 0.3) is 0 Å². The molecule has 0 radical (unpaired) electrons. The Hall–Kier alpha value is -3.51. The highest BCUT2D eigenvalue weighted by molar-refractivity contribution is 5.82. The van der Waals surface area contributed by atoms with Gasteiger partial charge in [-0.25, -0.2) is 4.79 Å². The van der Waals surface area contributed by atoms with Gasteiger partial charge >= 0.3 is 6.09 Å². The molecule has 36 heavy (non-hydrogen) atoms. The predicted octanol–water partition coefficient (Wildman–Crippen LogP) is 6.28. The second-order valence-electron chi connectivity index (χ2n) is 9.29. The van der Waals surface area contributed by atoms with Crippen molar-refractivity contribution in [3.8, 4) is 0 Å². The van der Waals surface area contributed by atoms with E-state index in [9.17, 15) is 4.79 Å². The maximum absolute atomic E-state index is 11.6. The van der Waals surface area contributed by atoms with Crippen molar-refractivity contribution in [1.82, 2.24) is 10.6 Å². The summed E-state index contributed by atoms with van der Waals surface area (Å²) < 4.78 is 5.14. The van der Waals surface area contributed by atoms with Crippen LogP contribution in [0.3, 0.4) is 0 Å². The maximum atomic E-state index is 11.6. The topological polar surface area (TPSA) is 102 Å². The second kappa shape index (κ2) is 16.2. The summed E-state index contributed by atoms with van der Waals surface area (Å²) in [5.74, 6) is 0.182. The van der Waals surface area contributed by atoms with Gasteiger partial charge in [-0.05, 0) is 74.7 Å². The summed E-state index contributed by atoms with van der Waals surface area (Å²) in [6.07, 6.45) is 9.62. The van der Waals surface area contributed by atoms with Crippen molar-refractivity contribution >= 4 is 16.9 Å². The van der Waals surface area contributed by atoms with Gasteiger partial charge in [0.05, 0.1) is 0 Å². The number of carbonyl (C=O) groups is 1. The van der Waals surface area contributed by atoms with Gasteiger partial charge in [0, 0.05) is 18.7 Å². The highest BCUT2D eigenvalue weighted by atomic mass is 16.6. The molecule has 0 aliphatic heterocycles. The fraction of sp³-hybridized carbons (Fsp3) is 0.367. The first-order valence-electron chi connectivity index (χ1n) is 12.5. The smallest absolute Gasteiger partial charge is 0.413 e. The van der Waals surface area contributed by atoms with Crippen molar-refractivity contribution in [1.29, 1.82) is 0 Å². The third-order valence-electron chi connectivity index (χ3n) is 4.98. The fourth-order valence-corrected chi connectivity index (χ4v) is 3.36. The van der Waals surface area contributed by atoms with Crippen LogP contribution in [0.25, 0.3) is 10.8 Å². The number of nitrogens with two attached hydrogens (primary N) is 2. The van der Waals surface area contributed by atoms with E-state index in [4.69, 9.17) is 16.2 Å². The van der Waals surface area contributed by atoms with Gasteiger partial charge in [0.15, 0.2) is 0 Å². The zero-order valence-electron chi connectivity index (χ0n) is 22.7. The summed E-state index contributed by atoms with van der Waals surface area (Å²) >= 11 is 0. The molecular weight excluding hydrogens is 448 g/mol. The van der Waals surface area contributed by atoms with Crippen LogP contribution in [0.4, 0.5) is 4.79 Å². The number of ether oxygens (including phenoxy) is 1. The molecule has 196 valence electrons. The van der Waals surface area contributed by atoms with E-state index in [2.05, 4.69) is 85.2 Å². The van der Waals surface area contributed by atoms with Crippen LogP contribution in [0, 0.1) is 0 Å². The average molecular weight is 493 g/mol. The van der Waals surface area contributed by atoms with Crippen LogP contribution in [-0.4, -0.2) is 25.3 Å². The zero-order valence-corrected chi connectivity index (χ0v) is 22.7.